The van der Waals surface area contributed by atoms with Gasteiger partial charge in [-0.15, -0.1) is 0 Å². The van der Waals surface area contributed by atoms with E-state index in [4.69, 9.17) is 13.6 Å². The highest BCUT2D eigenvalue weighted by atomic mass is 16.5. The van der Waals surface area contributed by atoms with Gasteiger partial charge in [-0.3, -0.25) is 14.5 Å². The molecule has 4 rings (SSSR count). The molecule has 152 valence electrons. The van der Waals surface area contributed by atoms with Crippen molar-refractivity contribution in [1.29, 1.82) is 0 Å². The number of aliphatic hydroxyl groups excluding tert-OH is 1. The second kappa shape index (κ2) is 8.50. The Hall–Kier alpha value is -3.10. The van der Waals surface area contributed by atoms with Crippen LogP contribution in [0.2, 0.25) is 0 Å². The van der Waals surface area contributed by atoms with Gasteiger partial charge in [0.15, 0.2) is 11.5 Å². The lowest BCUT2D eigenvalue weighted by atomic mass is 10.0. The molecule has 29 heavy (non-hydrogen) atoms. The van der Waals surface area contributed by atoms with E-state index in [1.807, 2.05) is 0 Å². The molecule has 2 aromatic rings. The number of hydrogen-bond donors (Lipinski definition) is 1. The Balaban J connectivity index is 1.57. The normalized spacial score (nSPS) is 20.9. The van der Waals surface area contributed by atoms with Crippen molar-refractivity contribution in [3.8, 4) is 0 Å². The molecule has 0 aliphatic carbocycles. The number of carbonyl (C=O) groups excluding carboxylic acids is 2. The quantitative estimate of drug-likeness (QED) is 0.714. The van der Waals surface area contributed by atoms with Gasteiger partial charge in [0.1, 0.15) is 17.6 Å². The highest BCUT2D eigenvalue weighted by Crippen LogP contribution is 2.38. The topological polar surface area (TPSA) is 96.4 Å². The van der Waals surface area contributed by atoms with Crippen LogP contribution in [0.5, 0.6) is 0 Å². The van der Waals surface area contributed by atoms with E-state index >= 15 is 0 Å². The SMILES string of the molecule is O=C(C=Cc1ccco1)C1=C(O)C(=O)N(CCN2CCOCC2)C1c1ccco1. The van der Waals surface area contributed by atoms with E-state index < -0.39 is 23.5 Å². The number of morpholine rings is 1. The number of carbonyl (C=O) groups is 2. The first-order valence-corrected chi connectivity index (χ1v) is 9.48. The monoisotopic (exact) mass is 398 g/mol. The van der Waals surface area contributed by atoms with Gasteiger partial charge in [0.05, 0.1) is 31.3 Å². The highest BCUT2D eigenvalue weighted by Gasteiger charge is 2.44. The van der Waals surface area contributed by atoms with Gasteiger partial charge in [0, 0.05) is 26.2 Å². The van der Waals surface area contributed by atoms with Gasteiger partial charge in [-0.1, -0.05) is 0 Å². The molecule has 1 saturated heterocycles. The molecule has 0 radical (unpaired) electrons. The number of rotatable bonds is 7. The van der Waals surface area contributed by atoms with E-state index in [0.717, 1.165) is 13.1 Å². The first kappa shape index (κ1) is 19.2. The predicted octanol–water partition coefficient (Wildman–Crippen LogP) is 2.18. The maximum absolute atomic E-state index is 12.9. The molecule has 1 fully saturated rings. The number of allylic oxidation sites excluding steroid dienone is 1. The van der Waals surface area contributed by atoms with Gasteiger partial charge in [0.2, 0.25) is 0 Å². The van der Waals surface area contributed by atoms with Crippen LogP contribution in [-0.4, -0.2) is 66.0 Å². The van der Waals surface area contributed by atoms with Crippen LogP contribution in [0.25, 0.3) is 6.08 Å². The zero-order valence-electron chi connectivity index (χ0n) is 15.8. The summed E-state index contributed by atoms with van der Waals surface area (Å²) in [6, 6.07) is 6.03. The molecule has 8 nitrogen and oxygen atoms in total. The Labute approximate surface area is 167 Å². The first-order valence-electron chi connectivity index (χ1n) is 9.48. The van der Waals surface area contributed by atoms with Crippen LogP contribution >= 0.6 is 0 Å². The third kappa shape index (κ3) is 4.03. The van der Waals surface area contributed by atoms with E-state index in [1.165, 1.54) is 29.6 Å². The number of ketones is 1. The molecule has 8 heteroatoms. The fourth-order valence-electron chi connectivity index (χ4n) is 3.59. The summed E-state index contributed by atoms with van der Waals surface area (Å²) in [4.78, 5) is 29.3. The Morgan fingerprint density at radius 3 is 2.59 bits per heavy atom. The smallest absolute Gasteiger partial charge is 0.290 e. The van der Waals surface area contributed by atoms with Crippen LogP contribution in [0, 0.1) is 0 Å². The lowest BCUT2D eigenvalue weighted by Gasteiger charge is -2.30. The first-order chi connectivity index (χ1) is 14.1. The summed E-state index contributed by atoms with van der Waals surface area (Å²) in [5.74, 6) is -0.653. The van der Waals surface area contributed by atoms with Crippen LogP contribution in [0.1, 0.15) is 17.6 Å². The molecule has 1 atom stereocenters. The molecule has 0 spiro atoms. The summed E-state index contributed by atoms with van der Waals surface area (Å²) < 4.78 is 16.0. The Bertz CT molecular complexity index is 907. The van der Waals surface area contributed by atoms with E-state index in [9.17, 15) is 14.7 Å². The van der Waals surface area contributed by atoms with E-state index in [1.54, 1.807) is 24.3 Å². The molecule has 0 saturated carbocycles. The molecular formula is C21H22N2O6. The molecule has 2 aromatic heterocycles. The zero-order valence-corrected chi connectivity index (χ0v) is 15.8. The van der Waals surface area contributed by atoms with Crippen LogP contribution in [-0.2, 0) is 14.3 Å². The number of amides is 1. The Morgan fingerprint density at radius 1 is 1.14 bits per heavy atom. The standard InChI is InChI=1S/C21H22N2O6/c24-16(6-5-15-3-1-11-28-15)18-19(17-4-2-12-29-17)23(21(26)20(18)25)8-7-22-9-13-27-14-10-22/h1-6,11-12,19,25H,7-10,13-14H2. The summed E-state index contributed by atoms with van der Waals surface area (Å²) in [6.07, 6.45) is 5.77. The second-order valence-corrected chi connectivity index (χ2v) is 6.85. The number of hydrogen-bond acceptors (Lipinski definition) is 7. The molecular weight excluding hydrogens is 376 g/mol. The van der Waals surface area contributed by atoms with Gasteiger partial charge in [-0.25, -0.2) is 0 Å². The lowest BCUT2D eigenvalue weighted by molar-refractivity contribution is -0.130. The maximum Gasteiger partial charge on any atom is 0.290 e. The molecule has 4 heterocycles. The highest BCUT2D eigenvalue weighted by molar-refractivity contribution is 6.14. The minimum atomic E-state index is -0.771. The average molecular weight is 398 g/mol. The second-order valence-electron chi connectivity index (χ2n) is 6.85. The van der Waals surface area contributed by atoms with Crippen molar-refractivity contribution in [2.24, 2.45) is 0 Å². The van der Waals surface area contributed by atoms with Crippen LogP contribution in [0.15, 0.2) is 63.0 Å². The van der Waals surface area contributed by atoms with Gasteiger partial charge < -0.3 is 23.6 Å². The average Bonchev–Trinajstić information content (AvgIpc) is 3.49. The molecule has 1 amide bonds. The molecule has 0 bridgehead atoms. The van der Waals surface area contributed by atoms with Crippen molar-refractivity contribution in [2.75, 3.05) is 39.4 Å². The largest absolute Gasteiger partial charge is 0.503 e. The molecule has 2 aliphatic rings. The van der Waals surface area contributed by atoms with Crippen LogP contribution in [0.3, 0.4) is 0 Å². The Morgan fingerprint density at radius 2 is 1.90 bits per heavy atom. The summed E-state index contributed by atoms with van der Waals surface area (Å²) in [7, 11) is 0. The van der Waals surface area contributed by atoms with Gasteiger partial charge in [0.25, 0.3) is 5.91 Å². The summed E-state index contributed by atoms with van der Waals surface area (Å²) in [6.45, 7) is 3.84. The summed E-state index contributed by atoms with van der Waals surface area (Å²) in [5.41, 5.74) is 0.00901. The minimum absolute atomic E-state index is 0.00901. The number of ether oxygens (including phenoxy) is 1. The maximum atomic E-state index is 12.9. The minimum Gasteiger partial charge on any atom is -0.503 e. The summed E-state index contributed by atoms with van der Waals surface area (Å²) >= 11 is 0. The van der Waals surface area contributed by atoms with E-state index in [0.29, 0.717) is 37.8 Å². The van der Waals surface area contributed by atoms with Gasteiger partial charge in [-0.2, -0.15) is 0 Å². The predicted molar refractivity (Wildman–Crippen MR) is 103 cm³/mol. The van der Waals surface area contributed by atoms with Crippen molar-refractivity contribution in [2.45, 2.75) is 6.04 Å². The van der Waals surface area contributed by atoms with E-state index in [-0.39, 0.29) is 5.57 Å². The third-order valence-electron chi connectivity index (χ3n) is 5.08. The number of aliphatic hydroxyl groups is 1. The van der Waals surface area contributed by atoms with Crippen molar-refractivity contribution in [3.05, 3.63) is 65.7 Å². The number of nitrogens with zero attached hydrogens (tertiary/aromatic N) is 2. The third-order valence-corrected chi connectivity index (χ3v) is 5.08. The van der Waals surface area contributed by atoms with Crippen LogP contribution in [0.4, 0.5) is 0 Å². The molecule has 0 aromatic carbocycles. The molecule has 1 N–H and O–H groups in total. The van der Waals surface area contributed by atoms with Crippen molar-refractivity contribution >= 4 is 17.8 Å². The number of furan rings is 2. The van der Waals surface area contributed by atoms with Crippen molar-refractivity contribution in [1.82, 2.24) is 9.80 Å². The molecule has 1 unspecified atom stereocenters. The van der Waals surface area contributed by atoms with Crippen molar-refractivity contribution in [3.63, 3.8) is 0 Å². The molecule has 2 aliphatic heterocycles. The van der Waals surface area contributed by atoms with Crippen molar-refractivity contribution < 1.29 is 28.3 Å². The van der Waals surface area contributed by atoms with Gasteiger partial charge in [-0.05, 0) is 36.4 Å². The van der Waals surface area contributed by atoms with E-state index in [2.05, 4.69) is 4.90 Å². The fraction of sp³-hybridized carbons (Fsp3) is 0.333. The van der Waals surface area contributed by atoms with Gasteiger partial charge >= 0.3 is 0 Å². The Kier molecular flexibility index (Phi) is 5.64. The lowest BCUT2D eigenvalue weighted by Crippen LogP contribution is -2.43. The fourth-order valence-corrected chi connectivity index (χ4v) is 3.59. The van der Waals surface area contributed by atoms with Crippen LogP contribution < -0.4 is 0 Å². The summed E-state index contributed by atoms with van der Waals surface area (Å²) in [5, 5.41) is 10.5. The zero-order chi connectivity index (χ0) is 20.2.